The van der Waals surface area contributed by atoms with Crippen LogP contribution in [0.15, 0.2) is 78.9 Å². The molecule has 4 aromatic rings. The van der Waals surface area contributed by atoms with Crippen molar-refractivity contribution in [2.75, 3.05) is 7.11 Å². The highest BCUT2D eigenvalue weighted by Crippen LogP contribution is 2.38. The molecule has 0 unspecified atom stereocenters. The summed E-state index contributed by atoms with van der Waals surface area (Å²) in [7, 11) is 1.56. The van der Waals surface area contributed by atoms with Crippen molar-refractivity contribution in [1.82, 2.24) is 4.98 Å². The molecule has 0 aliphatic carbocycles. The molecule has 0 aliphatic rings. The third-order valence-electron chi connectivity index (χ3n) is 4.37. The van der Waals surface area contributed by atoms with Crippen LogP contribution in [0.3, 0.4) is 0 Å². The van der Waals surface area contributed by atoms with Gasteiger partial charge in [-0.05, 0) is 5.56 Å². The van der Waals surface area contributed by atoms with Gasteiger partial charge in [-0.3, -0.25) is 0 Å². The molecule has 134 valence electrons. The minimum atomic E-state index is 0.0829. The molecule has 1 heterocycles. The first kappa shape index (κ1) is 16.9. The predicted octanol–water partition coefficient (Wildman–Crippen LogP) is 5.20. The number of ether oxygens (including phenoxy) is 2. The zero-order valence-corrected chi connectivity index (χ0v) is 14.9. The summed E-state index contributed by atoms with van der Waals surface area (Å²) in [5.41, 5.74) is 3.43. The third kappa shape index (κ3) is 3.55. The average Bonchev–Trinajstić information content (AvgIpc) is 2.72. The van der Waals surface area contributed by atoms with Crippen LogP contribution in [0.4, 0.5) is 0 Å². The summed E-state index contributed by atoms with van der Waals surface area (Å²) in [5.74, 6) is 1.22. The number of rotatable bonds is 5. The zero-order chi connectivity index (χ0) is 18.6. The summed E-state index contributed by atoms with van der Waals surface area (Å²) in [5, 5.41) is 11.1. The van der Waals surface area contributed by atoms with Crippen LogP contribution in [-0.2, 0) is 6.61 Å². The lowest BCUT2D eigenvalue weighted by Gasteiger charge is -2.14. The quantitative estimate of drug-likeness (QED) is 0.534. The number of nitrogens with zero attached hydrogens (tertiary/aromatic N) is 1. The Bertz CT molecular complexity index is 1060. The smallest absolute Gasteiger partial charge is 0.135 e. The number of aromatic hydroxyl groups is 1. The van der Waals surface area contributed by atoms with Gasteiger partial charge in [-0.25, -0.2) is 4.98 Å². The first-order valence-corrected chi connectivity index (χ1v) is 8.68. The van der Waals surface area contributed by atoms with Gasteiger partial charge < -0.3 is 14.6 Å². The van der Waals surface area contributed by atoms with E-state index in [1.54, 1.807) is 19.2 Å². The summed E-state index contributed by atoms with van der Waals surface area (Å²) in [4.78, 5) is 4.71. The molecule has 4 rings (SSSR count). The Balaban J connectivity index is 1.83. The van der Waals surface area contributed by atoms with Crippen molar-refractivity contribution in [3.8, 4) is 28.5 Å². The molecule has 27 heavy (non-hydrogen) atoms. The maximum Gasteiger partial charge on any atom is 0.135 e. The van der Waals surface area contributed by atoms with Crippen LogP contribution >= 0.6 is 0 Å². The Morgan fingerprint density at radius 1 is 0.889 bits per heavy atom. The van der Waals surface area contributed by atoms with Crippen LogP contribution in [0.5, 0.6) is 17.2 Å². The Hall–Kier alpha value is -3.53. The van der Waals surface area contributed by atoms with E-state index < -0.39 is 0 Å². The van der Waals surface area contributed by atoms with Gasteiger partial charge in [0.05, 0.1) is 23.7 Å². The topological polar surface area (TPSA) is 51.6 Å². The molecule has 1 N–H and O–H groups in total. The van der Waals surface area contributed by atoms with E-state index in [0.717, 1.165) is 16.8 Å². The minimum absolute atomic E-state index is 0.0829. The van der Waals surface area contributed by atoms with Crippen molar-refractivity contribution < 1.29 is 14.6 Å². The molecule has 0 amide bonds. The number of phenols is 1. The number of pyridine rings is 1. The molecule has 0 radical (unpaired) electrons. The fourth-order valence-corrected chi connectivity index (χ4v) is 3.01. The third-order valence-corrected chi connectivity index (χ3v) is 4.37. The van der Waals surface area contributed by atoms with Crippen LogP contribution in [-0.4, -0.2) is 17.2 Å². The second-order valence-corrected chi connectivity index (χ2v) is 6.19. The Morgan fingerprint density at radius 3 is 2.30 bits per heavy atom. The lowest BCUT2D eigenvalue weighted by atomic mass is 10.1. The molecule has 0 saturated carbocycles. The molecule has 0 aliphatic heterocycles. The van der Waals surface area contributed by atoms with Gasteiger partial charge in [0.25, 0.3) is 0 Å². The molecular weight excluding hydrogens is 338 g/mol. The summed E-state index contributed by atoms with van der Waals surface area (Å²) in [6.45, 7) is 0.402. The number of benzene rings is 3. The number of phenolic OH excluding ortho intramolecular Hbond substituents is 1. The van der Waals surface area contributed by atoms with E-state index in [4.69, 9.17) is 14.5 Å². The van der Waals surface area contributed by atoms with Crippen LogP contribution in [0, 0.1) is 0 Å². The van der Waals surface area contributed by atoms with Gasteiger partial charge in [-0.15, -0.1) is 0 Å². The maximum absolute atomic E-state index is 10.5. The molecule has 4 nitrogen and oxygen atoms in total. The maximum atomic E-state index is 10.5. The summed E-state index contributed by atoms with van der Waals surface area (Å²) < 4.78 is 11.4. The van der Waals surface area contributed by atoms with Gasteiger partial charge in [-0.2, -0.15) is 0 Å². The second-order valence-electron chi connectivity index (χ2n) is 6.19. The van der Waals surface area contributed by atoms with E-state index in [9.17, 15) is 5.11 Å². The van der Waals surface area contributed by atoms with Crippen molar-refractivity contribution in [3.05, 3.63) is 84.4 Å². The first-order chi connectivity index (χ1) is 13.2. The van der Waals surface area contributed by atoms with Crippen LogP contribution in [0.2, 0.25) is 0 Å². The molecule has 0 bridgehead atoms. The predicted molar refractivity (Wildman–Crippen MR) is 106 cm³/mol. The molecule has 1 aromatic heterocycles. The number of methoxy groups -OCH3 is 1. The van der Waals surface area contributed by atoms with Crippen molar-refractivity contribution in [3.63, 3.8) is 0 Å². The van der Waals surface area contributed by atoms with Gasteiger partial charge in [0, 0.05) is 23.8 Å². The largest absolute Gasteiger partial charge is 0.507 e. The van der Waals surface area contributed by atoms with Crippen LogP contribution < -0.4 is 9.47 Å². The standard InChI is InChI=1S/C23H19NO3/c1-26-18-12-20-23(21(25)13-18)22(27-15-16-8-4-2-5-9-16)14-19(24-20)17-10-6-3-7-11-17/h2-14,25H,15H2,1H3. The van der Waals surface area contributed by atoms with E-state index in [1.807, 2.05) is 66.7 Å². The van der Waals surface area contributed by atoms with Crippen molar-refractivity contribution >= 4 is 10.9 Å². The van der Waals surface area contributed by atoms with Crippen molar-refractivity contribution in [1.29, 1.82) is 0 Å². The lowest BCUT2D eigenvalue weighted by molar-refractivity contribution is 0.309. The second kappa shape index (κ2) is 7.38. The Labute approximate surface area is 157 Å². The van der Waals surface area contributed by atoms with E-state index in [2.05, 4.69) is 0 Å². The number of hydrogen-bond donors (Lipinski definition) is 1. The van der Waals surface area contributed by atoms with Crippen LogP contribution in [0.25, 0.3) is 22.2 Å². The average molecular weight is 357 g/mol. The summed E-state index contributed by atoms with van der Waals surface area (Å²) in [6, 6.07) is 25.1. The number of hydrogen-bond acceptors (Lipinski definition) is 4. The fraction of sp³-hybridized carbons (Fsp3) is 0.0870. The number of aromatic nitrogens is 1. The molecule has 0 fully saturated rings. The first-order valence-electron chi connectivity index (χ1n) is 8.68. The Morgan fingerprint density at radius 2 is 1.59 bits per heavy atom. The Kier molecular flexibility index (Phi) is 4.62. The summed E-state index contributed by atoms with van der Waals surface area (Å²) in [6.07, 6.45) is 0. The molecule has 3 aromatic carbocycles. The monoisotopic (exact) mass is 357 g/mol. The molecule has 0 spiro atoms. The van der Waals surface area contributed by atoms with E-state index >= 15 is 0 Å². The van der Waals surface area contributed by atoms with E-state index in [0.29, 0.717) is 29.0 Å². The fourth-order valence-electron chi connectivity index (χ4n) is 3.01. The highest BCUT2D eigenvalue weighted by Gasteiger charge is 2.14. The van der Waals surface area contributed by atoms with Gasteiger partial charge >= 0.3 is 0 Å². The van der Waals surface area contributed by atoms with Gasteiger partial charge in [0.2, 0.25) is 0 Å². The highest BCUT2D eigenvalue weighted by molar-refractivity contribution is 5.94. The molecule has 0 saturated heterocycles. The van der Waals surface area contributed by atoms with Gasteiger partial charge in [0.1, 0.15) is 23.9 Å². The van der Waals surface area contributed by atoms with Crippen molar-refractivity contribution in [2.24, 2.45) is 0 Å². The van der Waals surface area contributed by atoms with Crippen LogP contribution in [0.1, 0.15) is 5.56 Å². The normalized spacial score (nSPS) is 10.7. The number of fused-ring (bicyclic) bond motifs is 1. The van der Waals surface area contributed by atoms with E-state index in [-0.39, 0.29) is 5.75 Å². The summed E-state index contributed by atoms with van der Waals surface area (Å²) >= 11 is 0. The molecule has 4 heteroatoms. The minimum Gasteiger partial charge on any atom is -0.507 e. The lowest BCUT2D eigenvalue weighted by Crippen LogP contribution is -1.98. The SMILES string of the molecule is COc1cc(O)c2c(OCc3ccccc3)cc(-c3ccccc3)nc2c1. The van der Waals surface area contributed by atoms with Gasteiger partial charge in [-0.1, -0.05) is 60.7 Å². The van der Waals surface area contributed by atoms with Gasteiger partial charge in [0.15, 0.2) is 0 Å². The van der Waals surface area contributed by atoms with E-state index in [1.165, 1.54) is 0 Å². The molecule has 0 atom stereocenters. The molecular formula is C23H19NO3. The highest BCUT2D eigenvalue weighted by atomic mass is 16.5. The van der Waals surface area contributed by atoms with Crippen molar-refractivity contribution in [2.45, 2.75) is 6.61 Å². The zero-order valence-electron chi connectivity index (χ0n) is 14.9.